The highest BCUT2D eigenvalue weighted by Gasteiger charge is 2.34. The minimum atomic E-state index is -4.30. The zero-order valence-electron chi connectivity index (χ0n) is 24.8. The highest BCUT2D eigenvalue weighted by molar-refractivity contribution is 7.92. The molecule has 0 unspecified atom stereocenters. The van der Waals surface area contributed by atoms with Gasteiger partial charge in [0.05, 0.1) is 24.8 Å². The fraction of sp³-hybridized carbons (Fsp3) is 0.355. The molecule has 0 aromatic heterocycles. The van der Waals surface area contributed by atoms with E-state index in [1.165, 1.54) is 61.6 Å². The number of aryl methyl sites for hydroxylation is 1. The summed E-state index contributed by atoms with van der Waals surface area (Å²) < 4.78 is 53.6. The predicted molar refractivity (Wildman–Crippen MR) is 160 cm³/mol. The Bertz CT molecular complexity index is 1480. The van der Waals surface area contributed by atoms with E-state index in [0.29, 0.717) is 17.7 Å². The van der Waals surface area contributed by atoms with Gasteiger partial charge >= 0.3 is 0 Å². The van der Waals surface area contributed by atoms with Crippen molar-refractivity contribution in [3.05, 3.63) is 83.7 Å². The molecule has 0 heterocycles. The minimum Gasteiger partial charge on any atom is -0.497 e. The zero-order valence-corrected chi connectivity index (χ0v) is 25.6. The van der Waals surface area contributed by atoms with Crippen LogP contribution in [0.5, 0.6) is 11.5 Å². The van der Waals surface area contributed by atoms with E-state index in [1.54, 1.807) is 31.2 Å². The summed E-state index contributed by atoms with van der Waals surface area (Å²) in [5.74, 6) is -0.933. The van der Waals surface area contributed by atoms with Gasteiger partial charge in [-0.05, 0) is 69.2 Å². The maximum absolute atomic E-state index is 14.1. The van der Waals surface area contributed by atoms with E-state index in [4.69, 9.17) is 9.47 Å². The van der Waals surface area contributed by atoms with Crippen molar-refractivity contribution in [2.45, 2.75) is 57.6 Å². The Labute approximate surface area is 247 Å². The quantitative estimate of drug-likeness (QED) is 0.306. The molecule has 0 aliphatic carbocycles. The standard InChI is InChI=1S/C31H38FN3O6S/c1-7-22(3)33-31(37)23(4)34(19-24-10-12-25(32)13-11-24)30(36)20-35(28-18-26(40-5)14-17-29(28)41-6)42(38,39)27-15-8-21(2)9-16-27/h8-18,22-23H,7,19-20H2,1-6H3,(H,33,37)/t22-,23+/m0/s1. The molecule has 42 heavy (non-hydrogen) atoms. The van der Waals surface area contributed by atoms with E-state index in [1.807, 2.05) is 20.8 Å². The third-order valence-electron chi connectivity index (χ3n) is 6.98. The van der Waals surface area contributed by atoms with Crippen LogP contribution in [0, 0.1) is 12.7 Å². The molecule has 0 radical (unpaired) electrons. The van der Waals surface area contributed by atoms with Gasteiger partial charge in [-0.3, -0.25) is 13.9 Å². The topological polar surface area (TPSA) is 105 Å². The predicted octanol–water partition coefficient (Wildman–Crippen LogP) is 4.68. The van der Waals surface area contributed by atoms with Gasteiger partial charge in [-0.25, -0.2) is 12.8 Å². The Kier molecular flexibility index (Phi) is 10.9. The number of hydrogen-bond acceptors (Lipinski definition) is 6. The van der Waals surface area contributed by atoms with Crippen molar-refractivity contribution in [3.8, 4) is 11.5 Å². The van der Waals surface area contributed by atoms with Gasteiger partial charge in [0.25, 0.3) is 10.0 Å². The third kappa shape index (κ3) is 7.79. The van der Waals surface area contributed by atoms with Gasteiger partial charge in [-0.1, -0.05) is 36.8 Å². The van der Waals surface area contributed by atoms with Gasteiger partial charge in [-0.15, -0.1) is 0 Å². The Balaban J connectivity index is 2.11. The minimum absolute atomic E-state index is 0.0292. The van der Waals surface area contributed by atoms with Crippen LogP contribution < -0.4 is 19.1 Å². The summed E-state index contributed by atoms with van der Waals surface area (Å²) in [6.07, 6.45) is 0.683. The van der Waals surface area contributed by atoms with Crippen molar-refractivity contribution in [2.24, 2.45) is 0 Å². The smallest absolute Gasteiger partial charge is 0.264 e. The monoisotopic (exact) mass is 599 g/mol. The van der Waals surface area contributed by atoms with Crippen LogP contribution in [-0.2, 0) is 26.2 Å². The van der Waals surface area contributed by atoms with Crippen molar-refractivity contribution in [1.82, 2.24) is 10.2 Å². The second-order valence-electron chi connectivity index (χ2n) is 10.0. The van der Waals surface area contributed by atoms with Gasteiger partial charge in [0.2, 0.25) is 11.8 Å². The number of rotatable bonds is 13. The summed E-state index contributed by atoms with van der Waals surface area (Å²) in [6.45, 7) is 6.48. The van der Waals surface area contributed by atoms with Gasteiger partial charge in [-0.2, -0.15) is 0 Å². The highest BCUT2D eigenvalue weighted by atomic mass is 32.2. The summed E-state index contributed by atoms with van der Waals surface area (Å²) in [5, 5.41) is 2.88. The van der Waals surface area contributed by atoms with Crippen molar-refractivity contribution >= 4 is 27.5 Å². The lowest BCUT2D eigenvalue weighted by Gasteiger charge is -2.33. The molecule has 0 aliphatic heterocycles. The van der Waals surface area contributed by atoms with E-state index in [-0.39, 0.29) is 28.9 Å². The summed E-state index contributed by atoms with van der Waals surface area (Å²) in [6, 6.07) is 15.3. The molecular formula is C31H38FN3O6S. The van der Waals surface area contributed by atoms with Crippen molar-refractivity contribution in [2.75, 3.05) is 25.1 Å². The zero-order chi connectivity index (χ0) is 31.0. The largest absolute Gasteiger partial charge is 0.497 e. The van der Waals surface area contributed by atoms with Crippen LogP contribution in [0.25, 0.3) is 0 Å². The van der Waals surface area contributed by atoms with E-state index < -0.39 is 40.2 Å². The van der Waals surface area contributed by atoms with Crippen LogP contribution in [0.2, 0.25) is 0 Å². The van der Waals surface area contributed by atoms with Gasteiger partial charge in [0.1, 0.15) is 29.9 Å². The Morgan fingerprint density at radius 2 is 1.60 bits per heavy atom. The van der Waals surface area contributed by atoms with Crippen LogP contribution in [0.15, 0.2) is 71.6 Å². The average Bonchev–Trinajstić information content (AvgIpc) is 2.98. The SMILES string of the molecule is CC[C@H](C)NC(=O)[C@@H](C)N(Cc1ccc(F)cc1)C(=O)CN(c1cc(OC)ccc1OC)S(=O)(=O)c1ccc(C)cc1. The average molecular weight is 600 g/mol. The second-order valence-corrected chi connectivity index (χ2v) is 11.9. The maximum Gasteiger partial charge on any atom is 0.264 e. The molecule has 9 nitrogen and oxygen atoms in total. The first-order valence-electron chi connectivity index (χ1n) is 13.6. The summed E-state index contributed by atoms with van der Waals surface area (Å²) in [4.78, 5) is 28.5. The number of amides is 2. The van der Waals surface area contributed by atoms with Crippen LogP contribution in [0.4, 0.5) is 10.1 Å². The fourth-order valence-corrected chi connectivity index (χ4v) is 5.59. The number of sulfonamides is 1. The normalized spacial score (nSPS) is 12.6. The summed E-state index contributed by atoms with van der Waals surface area (Å²) in [5.41, 5.74) is 1.52. The van der Waals surface area contributed by atoms with E-state index >= 15 is 0 Å². The second kappa shape index (κ2) is 14.2. The van der Waals surface area contributed by atoms with Crippen LogP contribution in [0.3, 0.4) is 0 Å². The number of benzene rings is 3. The Morgan fingerprint density at radius 1 is 0.952 bits per heavy atom. The Morgan fingerprint density at radius 3 is 2.17 bits per heavy atom. The van der Waals surface area contributed by atoms with Crippen molar-refractivity contribution in [3.63, 3.8) is 0 Å². The first-order chi connectivity index (χ1) is 19.9. The van der Waals surface area contributed by atoms with Crippen molar-refractivity contribution < 1.29 is 31.9 Å². The Hall–Kier alpha value is -4.12. The molecule has 0 bridgehead atoms. The summed E-state index contributed by atoms with van der Waals surface area (Å²) in [7, 11) is -1.47. The highest BCUT2D eigenvalue weighted by Crippen LogP contribution is 2.36. The fourth-order valence-electron chi connectivity index (χ4n) is 4.18. The molecule has 226 valence electrons. The molecule has 3 aromatic carbocycles. The molecule has 0 saturated carbocycles. The molecule has 2 amide bonds. The summed E-state index contributed by atoms with van der Waals surface area (Å²) >= 11 is 0. The number of carbonyl (C=O) groups is 2. The van der Waals surface area contributed by atoms with Crippen LogP contribution in [0.1, 0.15) is 38.3 Å². The van der Waals surface area contributed by atoms with E-state index in [9.17, 15) is 22.4 Å². The number of methoxy groups -OCH3 is 2. The van der Waals surface area contributed by atoms with Gasteiger partial charge < -0.3 is 19.7 Å². The number of anilines is 1. The lowest BCUT2D eigenvalue weighted by Crippen LogP contribution is -2.52. The molecule has 0 saturated heterocycles. The number of nitrogens with zero attached hydrogens (tertiary/aromatic N) is 2. The third-order valence-corrected chi connectivity index (χ3v) is 8.75. The molecule has 2 atom stereocenters. The molecule has 11 heteroatoms. The lowest BCUT2D eigenvalue weighted by atomic mass is 10.1. The molecule has 3 aromatic rings. The number of halogens is 1. The molecule has 3 rings (SSSR count). The molecule has 0 fully saturated rings. The van der Waals surface area contributed by atoms with Gasteiger partial charge in [0.15, 0.2) is 0 Å². The van der Waals surface area contributed by atoms with Crippen LogP contribution >= 0.6 is 0 Å². The number of carbonyl (C=O) groups excluding carboxylic acids is 2. The lowest BCUT2D eigenvalue weighted by molar-refractivity contribution is -0.139. The first-order valence-corrected chi connectivity index (χ1v) is 15.0. The molecule has 0 aliphatic rings. The number of ether oxygens (including phenoxy) is 2. The van der Waals surface area contributed by atoms with E-state index in [2.05, 4.69) is 5.32 Å². The maximum atomic E-state index is 14.1. The van der Waals surface area contributed by atoms with E-state index in [0.717, 1.165) is 9.87 Å². The number of nitrogens with one attached hydrogen (secondary N) is 1. The number of hydrogen-bond donors (Lipinski definition) is 1. The molecule has 1 N–H and O–H groups in total. The first kappa shape index (κ1) is 32.4. The van der Waals surface area contributed by atoms with Gasteiger partial charge in [0, 0.05) is 18.7 Å². The molecule has 0 spiro atoms. The van der Waals surface area contributed by atoms with Crippen LogP contribution in [-0.4, -0.2) is 58.0 Å². The molecular weight excluding hydrogens is 561 g/mol. The van der Waals surface area contributed by atoms with Crippen molar-refractivity contribution in [1.29, 1.82) is 0 Å².